The summed E-state index contributed by atoms with van der Waals surface area (Å²) in [6, 6.07) is 9.70. The van der Waals surface area contributed by atoms with Gasteiger partial charge in [-0.1, -0.05) is 18.2 Å². The van der Waals surface area contributed by atoms with Crippen LogP contribution in [0, 0.1) is 13.8 Å². The minimum atomic E-state index is 0.334. The lowest BCUT2D eigenvalue weighted by atomic mass is 10.0. The van der Waals surface area contributed by atoms with Crippen molar-refractivity contribution in [2.24, 2.45) is 0 Å². The second-order valence-corrected chi connectivity index (χ2v) is 3.43. The number of hydrogen-bond donors (Lipinski definition) is 1. The summed E-state index contributed by atoms with van der Waals surface area (Å²) in [4.78, 5) is 0. The number of aromatic hydroxyl groups is 1. The summed E-state index contributed by atoms with van der Waals surface area (Å²) in [5.41, 5.74) is 2.46. The van der Waals surface area contributed by atoms with E-state index < -0.39 is 0 Å². The molecule has 0 aromatic heterocycles. The van der Waals surface area contributed by atoms with E-state index in [4.69, 9.17) is 0 Å². The summed E-state index contributed by atoms with van der Waals surface area (Å²) in [7, 11) is 0. The maximum atomic E-state index is 9.35. The van der Waals surface area contributed by atoms with E-state index in [0.29, 0.717) is 5.75 Å². The minimum absolute atomic E-state index is 0.334. The first-order valence-corrected chi connectivity index (χ1v) is 4.37. The van der Waals surface area contributed by atoms with Crippen LogP contribution in [0.2, 0.25) is 0 Å². The third kappa shape index (κ3) is 1.26. The molecule has 0 saturated heterocycles. The third-order valence-electron chi connectivity index (χ3n) is 2.44. The maximum absolute atomic E-state index is 9.35. The number of benzene rings is 2. The monoisotopic (exact) mass is 172 g/mol. The van der Waals surface area contributed by atoms with Crippen molar-refractivity contribution in [1.82, 2.24) is 0 Å². The molecule has 0 fully saturated rings. The molecule has 0 aliphatic carbocycles. The van der Waals surface area contributed by atoms with Gasteiger partial charge in [-0.2, -0.15) is 0 Å². The number of fused-ring (bicyclic) bond motifs is 1. The highest BCUT2D eigenvalue weighted by molar-refractivity contribution is 5.89. The molecule has 0 atom stereocenters. The van der Waals surface area contributed by atoms with E-state index >= 15 is 0 Å². The molecule has 0 aliphatic heterocycles. The van der Waals surface area contributed by atoms with Crippen molar-refractivity contribution in [3.05, 3.63) is 41.5 Å². The van der Waals surface area contributed by atoms with Crippen LogP contribution in [0.1, 0.15) is 11.1 Å². The molecular formula is C12H12O. The Labute approximate surface area is 77.6 Å². The molecule has 2 aromatic rings. The molecule has 0 spiro atoms. The highest BCUT2D eigenvalue weighted by Crippen LogP contribution is 2.25. The van der Waals surface area contributed by atoms with Gasteiger partial charge in [-0.15, -0.1) is 0 Å². The summed E-state index contributed by atoms with van der Waals surface area (Å²) in [5, 5.41) is 11.7. The summed E-state index contributed by atoms with van der Waals surface area (Å²) in [5.74, 6) is 0.334. The Balaban J connectivity index is 2.92. The number of hydrogen-bond acceptors (Lipinski definition) is 1. The van der Waals surface area contributed by atoms with E-state index in [2.05, 4.69) is 26.0 Å². The average Bonchev–Trinajstić information content (AvgIpc) is 2.12. The Morgan fingerprint density at radius 3 is 2.15 bits per heavy atom. The molecule has 1 nitrogen and oxygen atoms in total. The molecule has 66 valence electrons. The van der Waals surface area contributed by atoms with Crippen LogP contribution in [0.3, 0.4) is 0 Å². The van der Waals surface area contributed by atoms with E-state index in [9.17, 15) is 5.11 Å². The zero-order valence-corrected chi connectivity index (χ0v) is 7.83. The number of phenols is 1. The van der Waals surface area contributed by atoms with Crippen LogP contribution < -0.4 is 0 Å². The zero-order valence-electron chi connectivity index (χ0n) is 7.83. The highest BCUT2D eigenvalue weighted by atomic mass is 16.3. The van der Waals surface area contributed by atoms with Gasteiger partial charge in [-0.25, -0.2) is 0 Å². The van der Waals surface area contributed by atoms with Gasteiger partial charge in [0.25, 0.3) is 0 Å². The largest absolute Gasteiger partial charge is 0.508 e. The molecule has 0 saturated carbocycles. The van der Waals surface area contributed by atoms with Gasteiger partial charge in [-0.3, -0.25) is 0 Å². The molecule has 2 aromatic carbocycles. The van der Waals surface area contributed by atoms with Crippen molar-refractivity contribution in [1.29, 1.82) is 0 Å². The molecular weight excluding hydrogens is 160 g/mol. The van der Waals surface area contributed by atoms with Crippen LogP contribution in [0.25, 0.3) is 10.8 Å². The van der Waals surface area contributed by atoms with Crippen LogP contribution in [0.5, 0.6) is 5.75 Å². The quantitative estimate of drug-likeness (QED) is 0.647. The van der Waals surface area contributed by atoms with Crippen molar-refractivity contribution < 1.29 is 5.11 Å². The van der Waals surface area contributed by atoms with Gasteiger partial charge in [-0.05, 0) is 47.9 Å². The Bertz CT molecular complexity index is 458. The van der Waals surface area contributed by atoms with Gasteiger partial charge in [0.05, 0.1) is 0 Å². The van der Waals surface area contributed by atoms with E-state index in [1.54, 1.807) is 6.07 Å². The summed E-state index contributed by atoms with van der Waals surface area (Å²) in [6.45, 7) is 4.14. The highest BCUT2D eigenvalue weighted by Gasteiger charge is 2.00. The molecule has 1 heteroatoms. The van der Waals surface area contributed by atoms with E-state index in [0.717, 1.165) is 5.39 Å². The van der Waals surface area contributed by atoms with Crippen molar-refractivity contribution in [2.45, 2.75) is 13.8 Å². The SMILES string of the molecule is Cc1ccc(C)c2cc(O)ccc12. The third-order valence-corrected chi connectivity index (χ3v) is 2.44. The summed E-state index contributed by atoms with van der Waals surface area (Å²) < 4.78 is 0. The van der Waals surface area contributed by atoms with Gasteiger partial charge < -0.3 is 5.11 Å². The molecule has 0 amide bonds. The summed E-state index contributed by atoms with van der Waals surface area (Å²) >= 11 is 0. The van der Waals surface area contributed by atoms with Crippen LogP contribution in [-0.2, 0) is 0 Å². The predicted molar refractivity (Wildman–Crippen MR) is 55.1 cm³/mol. The fourth-order valence-corrected chi connectivity index (χ4v) is 1.63. The first-order valence-electron chi connectivity index (χ1n) is 4.37. The Morgan fingerprint density at radius 2 is 1.46 bits per heavy atom. The van der Waals surface area contributed by atoms with Crippen molar-refractivity contribution >= 4 is 10.8 Å². The first-order chi connectivity index (χ1) is 6.18. The number of rotatable bonds is 0. The van der Waals surface area contributed by atoms with Crippen LogP contribution in [0.4, 0.5) is 0 Å². The van der Waals surface area contributed by atoms with Crippen molar-refractivity contribution in [2.75, 3.05) is 0 Å². The molecule has 13 heavy (non-hydrogen) atoms. The lowest BCUT2D eigenvalue weighted by molar-refractivity contribution is 0.476. The van der Waals surface area contributed by atoms with Gasteiger partial charge >= 0.3 is 0 Å². The molecule has 0 unspecified atom stereocenters. The van der Waals surface area contributed by atoms with Gasteiger partial charge in [0.1, 0.15) is 5.75 Å². The maximum Gasteiger partial charge on any atom is 0.116 e. The zero-order chi connectivity index (χ0) is 9.42. The number of aryl methyl sites for hydroxylation is 2. The van der Waals surface area contributed by atoms with Gasteiger partial charge in [0, 0.05) is 0 Å². The fourth-order valence-electron chi connectivity index (χ4n) is 1.63. The van der Waals surface area contributed by atoms with E-state index in [1.165, 1.54) is 16.5 Å². The Hall–Kier alpha value is -1.50. The molecule has 0 heterocycles. The van der Waals surface area contributed by atoms with Crippen LogP contribution in [0.15, 0.2) is 30.3 Å². The first kappa shape index (κ1) is 8.11. The normalized spacial score (nSPS) is 10.6. The molecule has 1 N–H and O–H groups in total. The van der Waals surface area contributed by atoms with Crippen LogP contribution in [-0.4, -0.2) is 5.11 Å². The van der Waals surface area contributed by atoms with Crippen molar-refractivity contribution in [3.8, 4) is 5.75 Å². The van der Waals surface area contributed by atoms with Gasteiger partial charge in [0.2, 0.25) is 0 Å². The topological polar surface area (TPSA) is 20.2 Å². The van der Waals surface area contributed by atoms with Crippen molar-refractivity contribution in [3.63, 3.8) is 0 Å². The second kappa shape index (κ2) is 2.77. The van der Waals surface area contributed by atoms with Crippen LogP contribution >= 0.6 is 0 Å². The smallest absolute Gasteiger partial charge is 0.116 e. The van der Waals surface area contributed by atoms with E-state index in [1.807, 2.05) is 12.1 Å². The molecule has 2 rings (SSSR count). The Morgan fingerprint density at radius 1 is 0.846 bits per heavy atom. The lowest BCUT2D eigenvalue weighted by Gasteiger charge is -2.05. The minimum Gasteiger partial charge on any atom is -0.508 e. The second-order valence-electron chi connectivity index (χ2n) is 3.43. The molecule has 0 radical (unpaired) electrons. The standard InChI is InChI=1S/C12H12O/c1-8-3-4-9(2)12-7-10(13)5-6-11(8)12/h3-7,13H,1-2H3. The lowest BCUT2D eigenvalue weighted by Crippen LogP contribution is -1.81. The molecule has 0 aliphatic rings. The fraction of sp³-hybridized carbons (Fsp3) is 0.167. The predicted octanol–water partition coefficient (Wildman–Crippen LogP) is 3.16. The average molecular weight is 172 g/mol. The molecule has 0 bridgehead atoms. The van der Waals surface area contributed by atoms with Gasteiger partial charge in [0.15, 0.2) is 0 Å². The van der Waals surface area contributed by atoms with E-state index in [-0.39, 0.29) is 0 Å². The number of phenolic OH excluding ortho intramolecular Hbond substituents is 1. The Kier molecular flexibility index (Phi) is 1.73. The summed E-state index contributed by atoms with van der Waals surface area (Å²) in [6.07, 6.45) is 0.